The molecule has 1 aliphatic rings. The number of likely N-dealkylation sites (N-methyl/N-ethyl adjacent to an activating group) is 1. The van der Waals surface area contributed by atoms with E-state index in [1.807, 2.05) is 0 Å². The van der Waals surface area contributed by atoms with Crippen LogP contribution in [0.3, 0.4) is 0 Å². The van der Waals surface area contributed by atoms with E-state index >= 15 is 0 Å². The summed E-state index contributed by atoms with van der Waals surface area (Å²) in [6, 6.07) is 1.99. The van der Waals surface area contributed by atoms with Crippen molar-refractivity contribution in [2.75, 3.05) is 31.6 Å². The summed E-state index contributed by atoms with van der Waals surface area (Å²) < 4.78 is 13.6. The lowest BCUT2D eigenvalue weighted by molar-refractivity contribution is 0.274. The molecule has 0 bridgehead atoms. The van der Waals surface area contributed by atoms with Gasteiger partial charge in [-0.3, -0.25) is 0 Å². The maximum Gasteiger partial charge on any atom is 0.141 e. The molecule has 118 valence electrons. The largest absolute Gasteiger partial charge is 0.351 e. The lowest BCUT2D eigenvalue weighted by atomic mass is 10.1. The lowest BCUT2D eigenvalue weighted by Gasteiger charge is -2.40. The number of anilines is 1. The zero-order valence-electron chi connectivity index (χ0n) is 13.8. The van der Waals surface area contributed by atoms with Gasteiger partial charge in [0.2, 0.25) is 0 Å². The molecule has 0 aliphatic carbocycles. The highest BCUT2D eigenvalue weighted by atomic mass is 19.1. The summed E-state index contributed by atoms with van der Waals surface area (Å²) in [5.41, 5.74) is 0.929. The van der Waals surface area contributed by atoms with Crippen LogP contribution in [0.5, 0.6) is 0 Å². The zero-order valence-corrected chi connectivity index (χ0v) is 13.8. The Morgan fingerprint density at radius 1 is 1.38 bits per heavy atom. The van der Waals surface area contributed by atoms with Crippen LogP contribution in [0, 0.1) is 5.82 Å². The van der Waals surface area contributed by atoms with Gasteiger partial charge in [-0.1, -0.05) is 0 Å². The molecule has 0 spiro atoms. The summed E-state index contributed by atoms with van der Waals surface area (Å²) in [5.74, 6) is 0.639. The molecule has 2 heterocycles. The molecule has 2 rings (SSSR count). The Morgan fingerprint density at radius 2 is 2.10 bits per heavy atom. The molecule has 21 heavy (non-hydrogen) atoms. The van der Waals surface area contributed by atoms with Crippen LogP contribution in [0.25, 0.3) is 0 Å². The summed E-state index contributed by atoms with van der Waals surface area (Å²) >= 11 is 0. The molecule has 1 saturated heterocycles. The van der Waals surface area contributed by atoms with E-state index in [4.69, 9.17) is 0 Å². The predicted molar refractivity (Wildman–Crippen MR) is 85.1 cm³/mol. The molecule has 1 atom stereocenters. The maximum atomic E-state index is 13.6. The lowest BCUT2D eigenvalue weighted by Crippen LogP contribution is -2.51. The minimum absolute atomic E-state index is 0.00266. The smallest absolute Gasteiger partial charge is 0.141 e. The Morgan fingerprint density at radius 3 is 2.71 bits per heavy atom. The van der Waals surface area contributed by atoms with E-state index in [-0.39, 0.29) is 11.4 Å². The van der Waals surface area contributed by atoms with Crippen molar-refractivity contribution in [1.82, 2.24) is 15.2 Å². The second-order valence-corrected chi connectivity index (χ2v) is 7.04. The van der Waals surface area contributed by atoms with Gasteiger partial charge >= 0.3 is 0 Å². The van der Waals surface area contributed by atoms with Gasteiger partial charge < -0.3 is 15.1 Å². The van der Waals surface area contributed by atoms with Gasteiger partial charge in [-0.15, -0.1) is 0 Å². The van der Waals surface area contributed by atoms with Crippen LogP contribution >= 0.6 is 0 Å². The summed E-state index contributed by atoms with van der Waals surface area (Å²) in [7, 11) is 2.13. The zero-order chi connectivity index (χ0) is 15.6. The fourth-order valence-corrected chi connectivity index (χ4v) is 2.68. The number of hydrogen-bond acceptors (Lipinski definition) is 4. The molecular weight excluding hydrogens is 267 g/mol. The third-order valence-electron chi connectivity index (χ3n) is 3.82. The molecule has 0 amide bonds. The van der Waals surface area contributed by atoms with Crippen LogP contribution in [0.15, 0.2) is 12.3 Å². The van der Waals surface area contributed by atoms with Crippen molar-refractivity contribution in [2.45, 2.75) is 45.8 Å². The fourth-order valence-electron chi connectivity index (χ4n) is 2.68. The molecule has 1 fully saturated rings. The van der Waals surface area contributed by atoms with Crippen molar-refractivity contribution in [1.29, 1.82) is 0 Å². The first-order valence-corrected chi connectivity index (χ1v) is 7.61. The van der Waals surface area contributed by atoms with E-state index < -0.39 is 0 Å². The Kier molecular flexibility index (Phi) is 4.84. The SMILES string of the molecule is CC1CN(C)CCN1c1ncc(F)cc1CNC(C)(C)C. The Hall–Kier alpha value is -1.20. The molecule has 1 aromatic heterocycles. The number of piperazine rings is 1. The number of nitrogens with zero attached hydrogens (tertiary/aromatic N) is 3. The van der Waals surface area contributed by atoms with E-state index in [1.165, 1.54) is 6.20 Å². The molecular formula is C16H27FN4. The summed E-state index contributed by atoms with van der Waals surface area (Å²) in [5, 5.41) is 3.42. The molecule has 1 unspecified atom stereocenters. The third kappa shape index (κ3) is 4.38. The van der Waals surface area contributed by atoms with Crippen molar-refractivity contribution < 1.29 is 4.39 Å². The summed E-state index contributed by atoms with van der Waals surface area (Å²) in [6.07, 6.45) is 1.32. The van der Waals surface area contributed by atoms with Crippen LogP contribution in [0.2, 0.25) is 0 Å². The highest BCUT2D eigenvalue weighted by Gasteiger charge is 2.25. The first-order chi connectivity index (χ1) is 9.76. The standard InChI is InChI=1S/C16H27FN4/c1-12-11-20(5)6-7-21(12)15-13(8-14(17)10-18-15)9-19-16(2,3)4/h8,10,12,19H,6-7,9,11H2,1-5H3. The monoisotopic (exact) mass is 294 g/mol. The summed E-state index contributed by atoms with van der Waals surface area (Å²) in [4.78, 5) is 8.98. The third-order valence-corrected chi connectivity index (χ3v) is 3.82. The molecule has 4 nitrogen and oxygen atoms in total. The van der Waals surface area contributed by atoms with Crippen LogP contribution < -0.4 is 10.2 Å². The van der Waals surface area contributed by atoms with Crippen LogP contribution in [0.4, 0.5) is 10.2 Å². The van der Waals surface area contributed by atoms with Crippen molar-refractivity contribution in [3.8, 4) is 0 Å². The van der Waals surface area contributed by atoms with Gasteiger partial charge in [0.1, 0.15) is 11.6 Å². The van der Waals surface area contributed by atoms with Crippen LogP contribution in [0.1, 0.15) is 33.3 Å². The highest BCUT2D eigenvalue weighted by molar-refractivity contribution is 5.48. The molecule has 1 aliphatic heterocycles. The van der Waals surface area contributed by atoms with Gasteiger partial charge in [-0.2, -0.15) is 0 Å². The van der Waals surface area contributed by atoms with Crippen molar-refractivity contribution in [3.05, 3.63) is 23.6 Å². The van der Waals surface area contributed by atoms with E-state index in [0.29, 0.717) is 12.6 Å². The quantitative estimate of drug-likeness (QED) is 0.926. The number of pyridine rings is 1. The first-order valence-electron chi connectivity index (χ1n) is 7.61. The Labute approximate surface area is 127 Å². The van der Waals surface area contributed by atoms with Gasteiger partial charge in [0.15, 0.2) is 0 Å². The Balaban J connectivity index is 2.22. The fraction of sp³-hybridized carbons (Fsp3) is 0.688. The van der Waals surface area contributed by atoms with Gasteiger partial charge in [0.25, 0.3) is 0 Å². The van der Waals surface area contributed by atoms with Gasteiger partial charge in [0, 0.05) is 43.3 Å². The number of hydrogen-bond donors (Lipinski definition) is 1. The second kappa shape index (κ2) is 6.28. The molecule has 0 aromatic carbocycles. The van der Waals surface area contributed by atoms with E-state index in [0.717, 1.165) is 31.0 Å². The van der Waals surface area contributed by atoms with Gasteiger partial charge in [-0.25, -0.2) is 9.37 Å². The number of aromatic nitrogens is 1. The average molecular weight is 294 g/mol. The molecule has 1 aromatic rings. The minimum Gasteiger partial charge on any atom is -0.351 e. The van der Waals surface area contributed by atoms with Crippen molar-refractivity contribution in [2.24, 2.45) is 0 Å². The first kappa shape index (κ1) is 16.2. The Bertz CT molecular complexity index is 484. The minimum atomic E-state index is -0.272. The maximum absolute atomic E-state index is 13.6. The average Bonchev–Trinajstić information content (AvgIpc) is 2.36. The number of rotatable bonds is 3. The molecule has 1 N–H and O–H groups in total. The van der Waals surface area contributed by atoms with E-state index in [2.05, 4.69) is 54.8 Å². The summed E-state index contributed by atoms with van der Waals surface area (Å²) in [6.45, 7) is 12.1. The highest BCUT2D eigenvalue weighted by Crippen LogP contribution is 2.23. The van der Waals surface area contributed by atoms with E-state index in [1.54, 1.807) is 6.07 Å². The molecule has 0 radical (unpaired) electrons. The van der Waals surface area contributed by atoms with Crippen molar-refractivity contribution >= 4 is 5.82 Å². The normalized spacial score (nSPS) is 20.9. The van der Waals surface area contributed by atoms with Crippen molar-refractivity contribution in [3.63, 3.8) is 0 Å². The van der Waals surface area contributed by atoms with Gasteiger partial charge in [-0.05, 0) is 40.8 Å². The van der Waals surface area contributed by atoms with Gasteiger partial charge in [0.05, 0.1) is 6.20 Å². The van der Waals surface area contributed by atoms with E-state index in [9.17, 15) is 4.39 Å². The topological polar surface area (TPSA) is 31.4 Å². The predicted octanol–water partition coefficient (Wildman–Crippen LogP) is 2.25. The van der Waals surface area contributed by atoms with Crippen LogP contribution in [-0.2, 0) is 6.54 Å². The van der Waals surface area contributed by atoms with Crippen LogP contribution in [-0.4, -0.2) is 48.1 Å². The number of nitrogens with one attached hydrogen (secondary N) is 1. The second-order valence-electron chi connectivity index (χ2n) is 7.04. The molecule has 0 saturated carbocycles. The molecule has 5 heteroatoms. The number of halogens is 1.